The average molecular weight is 268 g/mol. The molecule has 0 saturated heterocycles. The number of aromatic nitrogens is 2. The van der Waals surface area contributed by atoms with Crippen LogP contribution in [-0.4, -0.2) is 41.1 Å². The van der Waals surface area contributed by atoms with Crippen LogP contribution in [0, 0.1) is 0 Å². The van der Waals surface area contributed by atoms with Crippen LogP contribution < -0.4 is 0 Å². The van der Waals surface area contributed by atoms with Crippen LogP contribution in [0.15, 0.2) is 41.7 Å². The molecule has 1 aromatic carbocycles. The quantitative estimate of drug-likeness (QED) is 0.486. The molecule has 5 heteroatoms. The van der Waals surface area contributed by atoms with E-state index < -0.39 is 0 Å². The Morgan fingerprint density at radius 3 is 2.55 bits per heavy atom. The van der Waals surface area contributed by atoms with Crippen LogP contribution in [-0.2, 0) is 0 Å². The first-order valence-electron chi connectivity index (χ1n) is 6.20. The van der Waals surface area contributed by atoms with E-state index in [2.05, 4.69) is 15.0 Å². The Bertz CT molecular complexity index is 633. The molecule has 0 bridgehead atoms. The summed E-state index contributed by atoms with van der Waals surface area (Å²) in [6.45, 7) is 1.54. The van der Waals surface area contributed by atoms with E-state index in [9.17, 15) is 4.79 Å². The van der Waals surface area contributed by atoms with Gasteiger partial charge in [0.05, 0.1) is 18.7 Å². The maximum absolute atomic E-state index is 11.4. The molecule has 20 heavy (non-hydrogen) atoms. The third kappa shape index (κ3) is 3.47. The van der Waals surface area contributed by atoms with E-state index >= 15 is 0 Å². The molecule has 0 saturated carbocycles. The molecule has 0 aliphatic heterocycles. The number of Topliss-reactive ketones (excluding diaryl/α,β-unsaturated/α-hetero) is 1. The van der Waals surface area contributed by atoms with Crippen molar-refractivity contribution in [2.75, 3.05) is 14.1 Å². The van der Waals surface area contributed by atoms with E-state index in [-0.39, 0.29) is 5.78 Å². The van der Waals surface area contributed by atoms with Gasteiger partial charge < -0.3 is 4.90 Å². The number of rotatable bonds is 4. The number of aliphatic imine (C=N–C) groups is 1. The Hall–Kier alpha value is -2.56. The van der Waals surface area contributed by atoms with Crippen LogP contribution in [0.2, 0.25) is 0 Å². The predicted molar refractivity (Wildman–Crippen MR) is 79.3 cm³/mol. The second-order valence-electron chi connectivity index (χ2n) is 4.61. The summed E-state index contributed by atoms with van der Waals surface area (Å²) in [6.07, 6.45) is 5.00. The fraction of sp³-hybridized carbons (Fsp3) is 0.200. The van der Waals surface area contributed by atoms with Gasteiger partial charge in [0.15, 0.2) is 11.6 Å². The third-order valence-corrected chi connectivity index (χ3v) is 2.60. The lowest BCUT2D eigenvalue weighted by molar-refractivity contribution is 0.101. The molecule has 0 fully saturated rings. The highest BCUT2D eigenvalue weighted by Crippen LogP contribution is 2.18. The fourth-order valence-electron chi connectivity index (χ4n) is 1.60. The summed E-state index contributed by atoms with van der Waals surface area (Å²) in [5, 5.41) is 0. The lowest BCUT2D eigenvalue weighted by atomic mass is 10.1. The first-order valence-corrected chi connectivity index (χ1v) is 6.20. The highest BCUT2D eigenvalue weighted by atomic mass is 16.1. The predicted octanol–water partition coefficient (Wildman–Crippen LogP) is 2.57. The second kappa shape index (κ2) is 6.06. The number of carbonyl (C=O) groups is 1. The monoisotopic (exact) mass is 268 g/mol. The van der Waals surface area contributed by atoms with E-state index in [1.165, 1.54) is 0 Å². The van der Waals surface area contributed by atoms with Gasteiger partial charge in [0.1, 0.15) is 5.69 Å². The van der Waals surface area contributed by atoms with Gasteiger partial charge in [0.2, 0.25) is 0 Å². The summed E-state index contributed by atoms with van der Waals surface area (Å²) in [5.41, 5.74) is 2.16. The summed E-state index contributed by atoms with van der Waals surface area (Å²) in [7, 11) is 3.79. The number of benzene rings is 1. The minimum Gasteiger partial charge on any atom is -0.369 e. The molecule has 1 heterocycles. The summed E-state index contributed by atoms with van der Waals surface area (Å²) < 4.78 is 0. The van der Waals surface area contributed by atoms with Gasteiger partial charge in [-0.1, -0.05) is 18.2 Å². The van der Waals surface area contributed by atoms with Crippen LogP contribution in [0.1, 0.15) is 17.3 Å². The first kappa shape index (κ1) is 13.9. The van der Waals surface area contributed by atoms with Crippen LogP contribution in [0.3, 0.4) is 0 Å². The van der Waals surface area contributed by atoms with Gasteiger partial charge in [-0.25, -0.2) is 15.0 Å². The SMILES string of the molecule is CC(=O)c1cccc(-c2ncc(/N=C\N(C)C)cn2)c1. The van der Waals surface area contributed by atoms with Crippen molar-refractivity contribution in [1.82, 2.24) is 14.9 Å². The zero-order valence-electron chi connectivity index (χ0n) is 11.7. The van der Waals surface area contributed by atoms with Crippen LogP contribution >= 0.6 is 0 Å². The maximum Gasteiger partial charge on any atom is 0.159 e. The van der Waals surface area contributed by atoms with Crippen molar-refractivity contribution in [1.29, 1.82) is 0 Å². The molecule has 0 spiro atoms. The van der Waals surface area contributed by atoms with Crippen molar-refractivity contribution in [2.45, 2.75) is 6.92 Å². The number of ketones is 1. The fourth-order valence-corrected chi connectivity index (χ4v) is 1.60. The minimum atomic E-state index is 0.0269. The van der Waals surface area contributed by atoms with E-state index in [4.69, 9.17) is 0 Å². The number of hydrogen-bond acceptors (Lipinski definition) is 4. The summed E-state index contributed by atoms with van der Waals surface area (Å²) in [6, 6.07) is 7.28. The zero-order chi connectivity index (χ0) is 14.5. The van der Waals surface area contributed by atoms with E-state index in [0.717, 1.165) is 5.56 Å². The number of nitrogens with zero attached hydrogens (tertiary/aromatic N) is 4. The molecule has 0 unspecified atom stereocenters. The van der Waals surface area contributed by atoms with E-state index in [1.807, 2.05) is 31.1 Å². The van der Waals surface area contributed by atoms with E-state index in [0.29, 0.717) is 17.1 Å². The Kier molecular flexibility index (Phi) is 4.20. The smallest absolute Gasteiger partial charge is 0.159 e. The molecular weight excluding hydrogens is 252 g/mol. The molecular formula is C15H16N4O. The van der Waals surface area contributed by atoms with Gasteiger partial charge in [-0.05, 0) is 13.0 Å². The van der Waals surface area contributed by atoms with Crippen molar-refractivity contribution >= 4 is 17.8 Å². The summed E-state index contributed by atoms with van der Waals surface area (Å²) in [4.78, 5) is 26.0. The van der Waals surface area contributed by atoms with Gasteiger partial charge >= 0.3 is 0 Å². The third-order valence-electron chi connectivity index (χ3n) is 2.60. The number of carbonyl (C=O) groups excluding carboxylic acids is 1. The normalized spacial score (nSPS) is 10.8. The second-order valence-corrected chi connectivity index (χ2v) is 4.61. The maximum atomic E-state index is 11.4. The van der Waals surface area contributed by atoms with Crippen LogP contribution in [0.4, 0.5) is 5.69 Å². The van der Waals surface area contributed by atoms with Crippen LogP contribution in [0.5, 0.6) is 0 Å². The highest BCUT2D eigenvalue weighted by molar-refractivity contribution is 5.95. The lowest BCUT2D eigenvalue weighted by Crippen LogP contribution is -2.07. The van der Waals surface area contributed by atoms with Gasteiger partial charge in [-0.2, -0.15) is 0 Å². The Balaban J connectivity index is 2.26. The average Bonchev–Trinajstić information content (AvgIpc) is 2.46. The van der Waals surface area contributed by atoms with Crippen molar-refractivity contribution in [3.63, 3.8) is 0 Å². The largest absolute Gasteiger partial charge is 0.369 e. The Morgan fingerprint density at radius 1 is 1.25 bits per heavy atom. The van der Waals surface area contributed by atoms with Crippen LogP contribution in [0.25, 0.3) is 11.4 Å². The molecule has 0 atom stereocenters. The molecule has 0 aliphatic rings. The highest BCUT2D eigenvalue weighted by Gasteiger charge is 2.04. The molecule has 0 radical (unpaired) electrons. The summed E-state index contributed by atoms with van der Waals surface area (Å²) in [5.74, 6) is 0.607. The van der Waals surface area contributed by atoms with Crippen molar-refractivity contribution in [3.05, 3.63) is 42.2 Å². The lowest BCUT2D eigenvalue weighted by Gasteiger charge is -2.03. The summed E-state index contributed by atoms with van der Waals surface area (Å²) >= 11 is 0. The standard InChI is InChI=1S/C15H16N4O/c1-11(20)12-5-4-6-13(7-12)15-16-8-14(9-17-15)18-10-19(2)3/h4-10H,1-3H3/b18-10-. The molecule has 5 nitrogen and oxygen atoms in total. The molecule has 0 N–H and O–H groups in total. The minimum absolute atomic E-state index is 0.0269. The van der Waals surface area contributed by atoms with Gasteiger partial charge in [0, 0.05) is 25.2 Å². The molecule has 2 aromatic rings. The molecule has 1 aromatic heterocycles. The molecule has 102 valence electrons. The van der Waals surface area contributed by atoms with Gasteiger partial charge in [0.25, 0.3) is 0 Å². The zero-order valence-corrected chi connectivity index (χ0v) is 11.7. The molecule has 2 rings (SSSR count). The molecule has 0 amide bonds. The number of hydrogen-bond donors (Lipinski definition) is 0. The Morgan fingerprint density at radius 2 is 1.95 bits per heavy atom. The van der Waals surface area contributed by atoms with Gasteiger partial charge in [-0.15, -0.1) is 0 Å². The van der Waals surface area contributed by atoms with Crippen molar-refractivity contribution < 1.29 is 4.79 Å². The Labute approximate surface area is 118 Å². The van der Waals surface area contributed by atoms with Crippen molar-refractivity contribution in [3.8, 4) is 11.4 Å². The van der Waals surface area contributed by atoms with E-state index in [1.54, 1.807) is 37.8 Å². The van der Waals surface area contributed by atoms with Gasteiger partial charge in [-0.3, -0.25) is 4.79 Å². The first-order chi connectivity index (χ1) is 9.56. The topological polar surface area (TPSA) is 58.5 Å². The van der Waals surface area contributed by atoms with Crippen molar-refractivity contribution in [2.24, 2.45) is 4.99 Å². The molecule has 0 aliphatic carbocycles.